The van der Waals surface area contributed by atoms with Crippen LogP contribution in [-0.2, 0) is 13.0 Å². The molecule has 29 heavy (non-hydrogen) atoms. The predicted octanol–water partition coefficient (Wildman–Crippen LogP) is 3.62. The molecule has 1 atom stereocenters. The zero-order valence-corrected chi connectivity index (χ0v) is 20.9. The summed E-state index contributed by atoms with van der Waals surface area (Å²) in [6, 6.07) is 8.80. The van der Waals surface area contributed by atoms with Gasteiger partial charge in [0.05, 0.1) is 20.3 Å². The molecular formula is C21H31IN4O2S. The topological polar surface area (TPSA) is 49.3 Å². The molecule has 2 aromatic rings. The van der Waals surface area contributed by atoms with Gasteiger partial charge in [-0.1, -0.05) is 6.07 Å². The Labute approximate surface area is 194 Å². The highest BCUT2D eigenvalue weighted by atomic mass is 127. The van der Waals surface area contributed by atoms with Gasteiger partial charge in [-0.2, -0.15) is 0 Å². The molecule has 0 fully saturated rings. The average molecular weight is 530 g/mol. The fourth-order valence-electron chi connectivity index (χ4n) is 3.60. The van der Waals surface area contributed by atoms with E-state index in [9.17, 15) is 0 Å². The monoisotopic (exact) mass is 530 g/mol. The zero-order valence-electron chi connectivity index (χ0n) is 17.8. The highest BCUT2D eigenvalue weighted by molar-refractivity contribution is 14.0. The summed E-state index contributed by atoms with van der Waals surface area (Å²) in [5, 5.41) is 5.70. The molecule has 1 aliphatic heterocycles. The van der Waals surface area contributed by atoms with Crippen LogP contribution in [0.4, 0.5) is 0 Å². The molecule has 0 bridgehead atoms. The first-order valence-corrected chi connectivity index (χ1v) is 10.3. The van der Waals surface area contributed by atoms with Gasteiger partial charge >= 0.3 is 0 Å². The van der Waals surface area contributed by atoms with Gasteiger partial charge in [-0.05, 0) is 55.2 Å². The van der Waals surface area contributed by atoms with Crippen LogP contribution < -0.4 is 14.8 Å². The number of nitrogens with zero attached hydrogens (tertiary/aromatic N) is 3. The number of nitrogens with one attached hydrogen (secondary N) is 1. The van der Waals surface area contributed by atoms with Crippen LogP contribution in [0, 0.1) is 0 Å². The summed E-state index contributed by atoms with van der Waals surface area (Å²) in [7, 11) is 9.44. The number of likely N-dealkylation sites (N-methyl/N-ethyl adjacent to an activating group) is 1. The Morgan fingerprint density at radius 1 is 1.24 bits per heavy atom. The van der Waals surface area contributed by atoms with Crippen molar-refractivity contribution in [2.45, 2.75) is 19.0 Å². The quantitative estimate of drug-likeness (QED) is 0.352. The molecule has 3 rings (SSSR count). The Kier molecular flexibility index (Phi) is 9.04. The lowest BCUT2D eigenvalue weighted by Crippen LogP contribution is -2.46. The molecule has 0 saturated heterocycles. The lowest BCUT2D eigenvalue weighted by atomic mass is 9.99. The number of hydrogen-bond donors (Lipinski definition) is 1. The first-order valence-electron chi connectivity index (χ1n) is 9.46. The van der Waals surface area contributed by atoms with Crippen molar-refractivity contribution in [1.29, 1.82) is 0 Å². The van der Waals surface area contributed by atoms with Gasteiger partial charge < -0.3 is 24.6 Å². The van der Waals surface area contributed by atoms with Crippen LogP contribution in [0.2, 0.25) is 0 Å². The van der Waals surface area contributed by atoms with Crippen molar-refractivity contribution >= 4 is 41.3 Å². The number of methoxy groups -OCH3 is 2. The maximum atomic E-state index is 5.48. The van der Waals surface area contributed by atoms with Crippen LogP contribution in [0.5, 0.6) is 11.5 Å². The van der Waals surface area contributed by atoms with Crippen LogP contribution in [0.25, 0.3) is 0 Å². The third-order valence-electron chi connectivity index (χ3n) is 5.18. The third-order valence-corrected chi connectivity index (χ3v) is 6.15. The first-order chi connectivity index (χ1) is 13.6. The van der Waals surface area contributed by atoms with Gasteiger partial charge in [0.1, 0.15) is 0 Å². The third kappa shape index (κ3) is 5.55. The molecule has 0 radical (unpaired) electrons. The Hall–Kier alpha value is -1.52. The molecule has 1 aromatic carbocycles. The van der Waals surface area contributed by atoms with Crippen LogP contribution in [0.3, 0.4) is 0 Å². The van der Waals surface area contributed by atoms with Gasteiger partial charge in [-0.15, -0.1) is 35.3 Å². The van der Waals surface area contributed by atoms with E-state index in [1.807, 2.05) is 7.05 Å². The largest absolute Gasteiger partial charge is 0.493 e. The molecule has 1 aliphatic rings. The second kappa shape index (κ2) is 11.0. The number of aliphatic imine (C=N–C) groups is 1. The highest BCUT2D eigenvalue weighted by Crippen LogP contribution is 2.33. The Morgan fingerprint density at radius 3 is 2.48 bits per heavy atom. The van der Waals surface area contributed by atoms with Crippen molar-refractivity contribution in [2.24, 2.45) is 4.99 Å². The maximum absolute atomic E-state index is 5.48. The van der Waals surface area contributed by atoms with E-state index in [4.69, 9.17) is 9.47 Å². The molecule has 8 heteroatoms. The highest BCUT2D eigenvalue weighted by Gasteiger charge is 2.23. The van der Waals surface area contributed by atoms with Crippen molar-refractivity contribution in [3.8, 4) is 11.5 Å². The number of rotatable bonds is 6. The van der Waals surface area contributed by atoms with E-state index in [1.54, 1.807) is 25.6 Å². The standard InChI is InChI=1S/C21H30N4O2S.HI/c1-22-21(23-13-17(24(2)3)20-7-6-10-28-20)25-9-8-15-11-18(26-4)19(27-5)12-16(15)14-25;/h6-7,10-12,17H,8-9,13-14H2,1-5H3,(H,22,23);1H. The molecule has 0 amide bonds. The fraction of sp³-hybridized carbons (Fsp3) is 0.476. The molecule has 1 aromatic heterocycles. The SMILES string of the molecule is CN=C(NCC(c1cccs1)N(C)C)N1CCc2cc(OC)c(OC)cc2C1.I. The van der Waals surface area contributed by atoms with Gasteiger partial charge in [0.15, 0.2) is 17.5 Å². The number of ether oxygens (including phenoxy) is 2. The fourth-order valence-corrected chi connectivity index (χ4v) is 4.53. The van der Waals surface area contributed by atoms with Crippen LogP contribution in [0.1, 0.15) is 22.0 Å². The minimum Gasteiger partial charge on any atom is -0.493 e. The van der Waals surface area contributed by atoms with E-state index in [-0.39, 0.29) is 24.0 Å². The van der Waals surface area contributed by atoms with Crippen molar-refractivity contribution in [2.75, 3.05) is 48.5 Å². The summed E-state index contributed by atoms with van der Waals surface area (Å²) in [5.41, 5.74) is 2.57. The second-order valence-electron chi connectivity index (χ2n) is 7.07. The smallest absolute Gasteiger partial charge is 0.194 e. The summed E-state index contributed by atoms with van der Waals surface area (Å²) in [4.78, 5) is 10.4. The summed E-state index contributed by atoms with van der Waals surface area (Å²) < 4.78 is 10.9. The second-order valence-corrected chi connectivity index (χ2v) is 8.05. The summed E-state index contributed by atoms with van der Waals surface area (Å²) in [6.07, 6.45) is 0.957. The number of benzene rings is 1. The Bertz CT molecular complexity index is 811. The van der Waals surface area contributed by atoms with Crippen LogP contribution in [-0.4, -0.2) is 64.2 Å². The van der Waals surface area contributed by atoms with E-state index >= 15 is 0 Å². The minimum atomic E-state index is 0. The van der Waals surface area contributed by atoms with E-state index in [0.29, 0.717) is 6.04 Å². The summed E-state index contributed by atoms with van der Waals surface area (Å²) in [6.45, 7) is 2.55. The molecule has 6 nitrogen and oxygen atoms in total. The number of hydrogen-bond acceptors (Lipinski definition) is 5. The zero-order chi connectivity index (χ0) is 20.1. The van der Waals surface area contributed by atoms with Gasteiger partial charge in [0.2, 0.25) is 0 Å². The molecule has 2 heterocycles. The average Bonchev–Trinajstić information content (AvgIpc) is 3.23. The maximum Gasteiger partial charge on any atom is 0.194 e. The van der Waals surface area contributed by atoms with Crippen molar-refractivity contribution in [3.05, 3.63) is 45.6 Å². The lowest BCUT2D eigenvalue weighted by Gasteiger charge is -2.33. The Morgan fingerprint density at radius 2 is 1.93 bits per heavy atom. The predicted molar refractivity (Wildman–Crippen MR) is 131 cm³/mol. The summed E-state index contributed by atoms with van der Waals surface area (Å²) in [5.74, 6) is 2.50. The number of thiophene rings is 1. The first kappa shape index (κ1) is 23.8. The van der Waals surface area contributed by atoms with Crippen molar-refractivity contribution in [1.82, 2.24) is 15.1 Å². The van der Waals surface area contributed by atoms with Gasteiger partial charge in [-0.25, -0.2) is 0 Å². The molecule has 1 unspecified atom stereocenters. The Balaban J connectivity index is 0.00000300. The van der Waals surface area contributed by atoms with Gasteiger partial charge in [0, 0.05) is 31.6 Å². The molecule has 0 aliphatic carbocycles. The minimum absolute atomic E-state index is 0. The molecule has 0 saturated carbocycles. The molecule has 160 valence electrons. The summed E-state index contributed by atoms with van der Waals surface area (Å²) >= 11 is 1.79. The lowest BCUT2D eigenvalue weighted by molar-refractivity contribution is 0.295. The van der Waals surface area contributed by atoms with Crippen LogP contribution in [0.15, 0.2) is 34.6 Å². The molecular weight excluding hydrogens is 499 g/mol. The van der Waals surface area contributed by atoms with Gasteiger partial charge in [-0.3, -0.25) is 4.99 Å². The van der Waals surface area contributed by atoms with Gasteiger partial charge in [0.25, 0.3) is 0 Å². The molecule has 1 N–H and O–H groups in total. The molecule has 0 spiro atoms. The van der Waals surface area contributed by atoms with Crippen molar-refractivity contribution in [3.63, 3.8) is 0 Å². The van der Waals surface area contributed by atoms with E-state index in [0.717, 1.165) is 43.5 Å². The van der Waals surface area contributed by atoms with E-state index in [2.05, 4.69) is 63.8 Å². The van der Waals surface area contributed by atoms with E-state index in [1.165, 1.54) is 16.0 Å². The van der Waals surface area contributed by atoms with E-state index < -0.39 is 0 Å². The number of fused-ring (bicyclic) bond motifs is 1. The normalized spacial score (nSPS) is 14.8. The number of guanidine groups is 1. The number of halogens is 1. The van der Waals surface area contributed by atoms with Crippen LogP contribution >= 0.6 is 35.3 Å². The van der Waals surface area contributed by atoms with Crippen molar-refractivity contribution < 1.29 is 9.47 Å².